The van der Waals surface area contributed by atoms with Crippen LogP contribution in [0.3, 0.4) is 0 Å². The summed E-state index contributed by atoms with van der Waals surface area (Å²) in [5, 5.41) is 9.65. The van der Waals surface area contributed by atoms with E-state index < -0.39 is 0 Å². The van der Waals surface area contributed by atoms with Gasteiger partial charge in [-0.1, -0.05) is 30.3 Å². The molecule has 7 heteroatoms. The number of aryl methyl sites for hydroxylation is 2. The van der Waals surface area contributed by atoms with Crippen LogP contribution in [0.25, 0.3) is 0 Å². The predicted molar refractivity (Wildman–Crippen MR) is 142 cm³/mol. The largest absolute Gasteiger partial charge is 0.367 e. The van der Waals surface area contributed by atoms with Gasteiger partial charge in [0.25, 0.3) is 0 Å². The standard InChI is InChI=1S/C26H31FN4S2/c1-18-10-11-19(2)22(17-18)29-26(32)28-20(3)25(24-9-6-16-33-24)31-14-12-30(13-15-31)23-8-5-4-7-21(23)27/h4-11,16-17,20,25H,12-15H2,1-3H3,(H2,28,29,32)/t20-,25+/m0/s1. The fourth-order valence-electron chi connectivity index (χ4n) is 4.47. The van der Waals surface area contributed by atoms with Crippen molar-refractivity contribution in [2.45, 2.75) is 32.9 Å². The molecule has 0 saturated carbocycles. The quantitative estimate of drug-likeness (QED) is 0.438. The summed E-state index contributed by atoms with van der Waals surface area (Å²) in [5.41, 5.74) is 4.08. The third-order valence-corrected chi connectivity index (χ3v) is 7.37. The average Bonchev–Trinajstić information content (AvgIpc) is 3.31. The first-order chi connectivity index (χ1) is 15.9. The van der Waals surface area contributed by atoms with Gasteiger partial charge in [0, 0.05) is 42.8 Å². The van der Waals surface area contributed by atoms with Crippen LogP contribution >= 0.6 is 23.6 Å². The summed E-state index contributed by atoms with van der Waals surface area (Å²) >= 11 is 7.44. The fourth-order valence-corrected chi connectivity index (χ4v) is 5.73. The van der Waals surface area contributed by atoms with Crippen molar-refractivity contribution in [3.05, 3.63) is 81.8 Å². The third kappa shape index (κ3) is 5.72. The van der Waals surface area contributed by atoms with Crippen LogP contribution in [0.1, 0.15) is 29.0 Å². The van der Waals surface area contributed by atoms with Gasteiger partial charge in [0.15, 0.2) is 5.11 Å². The number of nitrogens with one attached hydrogen (secondary N) is 2. The zero-order valence-electron chi connectivity index (χ0n) is 19.3. The molecule has 0 aliphatic carbocycles. The van der Waals surface area contributed by atoms with Crippen LogP contribution in [-0.2, 0) is 0 Å². The Bertz CT molecular complexity index is 1080. The number of halogens is 1. The van der Waals surface area contributed by atoms with E-state index in [4.69, 9.17) is 12.2 Å². The van der Waals surface area contributed by atoms with Gasteiger partial charge in [0.2, 0.25) is 0 Å². The van der Waals surface area contributed by atoms with E-state index in [1.165, 1.54) is 16.5 Å². The summed E-state index contributed by atoms with van der Waals surface area (Å²) in [6.45, 7) is 9.65. The van der Waals surface area contributed by atoms with Crippen molar-refractivity contribution in [1.29, 1.82) is 0 Å². The summed E-state index contributed by atoms with van der Waals surface area (Å²) in [7, 11) is 0. The Kier molecular flexibility index (Phi) is 7.63. The number of anilines is 2. The zero-order chi connectivity index (χ0) is 23.4. The minimum atomic E-state index is -0.154. The van der Waals surface area contributed by atoms with E-state index in [1.807, 2.05) is 12.1 Å². The van der Waals surface area contributed by atoms with Crippen LogP contribution in [0.4, 0.5) is 15.8 Å². The number of nitrogens with zero attached hydrogens (tertiary/aromatic N) is 2. The van der Waals surface area contributed by atoms with Gasteiger partial charge in [-0.2, -0.15) is 0 Å². The topological polar surface area (TPSA) is 30.5 Å². The molecule has 2 N–H and O–H groups in total. The van der Waals surface area contributed by atoms with Gasteiger partial charge >= 0.3 is 0 Å². The van der Waals surface area contributed by atoms with Gasteiger partial charge in [-0.15, -0.1) is 11.3 Å². The van der Waals surface area contributed by atoms with Crippen molar-refractivity contribution in [1.82, 2.24) is 10.2 Å². The van der Waals surface area contributed by atoms with Gasteiger partial charge < -0.3 is 15.5 Å². The number of piperazine rings is 1. The van der Waals surface area contributed by atoms with Crippen LogP contribution in [0.5, 0.6) is 0 Å². The summed E-state index contributed by atoms with van der Waals surface area (Å²) in [5.74, 6) is -0.154. The summed E-state index contributed by atoms with van der Waals surface area (Å²) in [4.78, 5) is 5.94. The lowest BCUT2D eigenvalue weighted by atomic mass is 10.0. The number of thiophene rings is 1. The molecule has 0 spiro atoms. The molecule has 0 amide bonds. The Morgan fingerprint density at radius 2 is 1.79 bits per heavy atom. The highest BCUT2D eigenvalue weighted by Gasteiger charge is 2.31. The van der Waals surface area contributed by atoms with E-state index in [-0.39, 0.29) is 17.9 Å². The second-order valence-electron chi connectivity index (χ2n) is 8.64. The number of benzene rings is 2. The van der Waals surface area contributed by atoms with Crippen molar-refractivity contribution < 1.29 is 4.39 Å². The van der Waals surface area contributed by atoms with Gasteiger partial charge in [0.1, 0.15) is 5.82 Å². The second kappa shape index (κ2) is 10.6. The highest BCUT2D eigenvalue weighted by Crippen LogP contribution is 2.31. The van der Waals surface area contributed by atoms with Crippen molar-refractivity contribution in [2.75, 3.05) is 36.4 Å². The molecule has 4 rings (SSSR count). The first kappa shape index (κ1) is 23.7. The number of thiocarbonyl (C=S) groups is 1. The summed E-state index contributed by atoms with van der Waals surface area (Å²) in [6, 6.07) is 17.9. The molecule has 0 unspecified atom stereocenters. The lowest BCUT2D eigenvalue weighted by molar-refractivity contribution is 0.163. The highest BCUT2D eigenvalue weighted by atomic mass is 32.1. The molecule has 2 heterocycles. The van der Waals surface area contributed by atoms with Crippen LogP contribution in [0.2, 0.25) is 0 Å². The molecule has 0 radical (unpaired) electrons. The molecule has 1 aliphatic heterocycles. The van der Waals surface area contributed by atoms with E-state index in [0.717, 1.165) is 37.4 Å². The van der Waals surface area contributed by atoms with E-state index >= 15 is 0 Å². The number of rotatable bonds is 6. The fraction of sp³-hybridized carbons (Fsp3) is 0.346. The van der Waals surface area contributed by atoms with E-state index in [9.17, 15) is 4.39 Å². The summed E-state index contributed by atoms with van der Waals surface area (Å²) in [6.07, 6.45) is 0. The molecule has 1 saturated heterocycles. The van der Waals surface area contributed by atoms with Crippen LogP contribution in [0.15, 0.2) is 60.0 Å². The first-order valence-electron chi connectivity index (χ1n) is 11.3. The lowest BCUT2D eigenvalue weighted by Crippen LogP contribution is -2.52. The molecule has 33 heavy (non-hydrogen) atoms. The number of hydrogen-bond donors (Lipinski definition) is 2. The Morgan fingerprint density at radius 1 is 1.03 bits per heavy atom. The Hall–Kier alpha value is -2.48. The molecule has 0 bridgehead atoms. The lowest BCUT2D eigenvalue weighted by Gasteiger charge is -2.42. The molecule has 1 aliphatic rings. The molecule has 4 nitrogen and oxygen atoms in total. The van der Waals surface area contributed by atoms with E-state index in [2.05, 4.69) is 76.9 Å². The maximum Gasteiger partial charge on any atom is 0.171 e. The molecule has 2 atom stereocenters. The van der Waals surface area contributed by atoms with Gasteiger partial charge in [-0.3, -0.25) is 4.90 Å². The second-order valence-corrected chi connectivity index (χ2v) is 10.0. The molecule has 2 aromatic carbocycles. The molecule has 1 fully saturated rings. The normalized spacial score (nSPS) is 16.3. The third-order valence-electron chi connectivity index (χ3n) is 6.21. The minimum absolute atomic E-state index is 0.105. The summed E-state index contributed by atoms with van der Waals surface area (Å²) < 4.78 is 14.3. The molecule has 3 aromatic rings. The molecule has 1 aromatic heterocycles. The van der Waals surface area contributed by atoms with Gasteiger partial charge in [0.05, 0.1) is 11.7 Å². The van der Waals surface area contributed by atoms with Crippen molar-refractivity contribution in [3.8, 4) is 0 Å². The maximum atomic E-state index is 14.3. The minimum Gasteiger partial charge on any atom is -0.367 e. The molecular weight excluding hydrogens is 451 g/mol. The Labute approximate surface area is 205 Å². The van der Waals surface area contributed by atoms with Crippen LogP contribution < -0.4 is 15.5 Å². The average molecular weight is 483 g/mol. The maximum absolute atomic E-state index is 14.3. The van der Waals surface area contributed by atoms with Gasteiger partial charge in [-0.05, 0) is 73.8 Å². The van der Waals surface area contributed by atoms with Gasteiger partial charge in [-0.25, -0.2) is 4.39 Å². The van der Waals surface area contributed by atoms with Crippen LogP contribution in [0, 0.1) is 19.7 Å². The van der Waals surface area contributed by atoms with Crippen molar-refractivity contribution >= 4 is 40.0 Å². The Balaban J connectivity index is 1.44. The van der Waals surface area contributed by atoms with E-state index in [1.54, 1.807) is 17.4 Å². The molecule has 174 valence electrons. The Morgan fingerprint density at radius 3 is 2.48 bits per heavy atom. The number of para-hydroxylation sites is 1. The SMILES string of the molecule is Cc1ccc(C)c(NC(=S)N[C@@H](C)[C@H](c2cccs2)N2CCN(c3ccccc3F)CC2)c1. The molecular formula is C26H31FN4S2. The number of hydrogen-bond acceptors (Lipinski definition) is 4. The highest BCUT2D eigenvalue weighted by molar-refractivity contribution is 7.80. The van der Waals surface area contributed by atoms with Crippen molar-refractivity contribution in [3.63, 3.8) is 0 Å². The first-order valence-corrected chi connectivity index (χ1v) is 12.6. The van der Waals surface area contributed by atoms with E-state index in [0.29, 0.717) is 10.8 Å². The van der Waals surface area contributed by atoms with Crippen LogP contribution in [-0.4, -0.2) is 42.2 Å². The predicted octanol–water partition coefficient (Wildman–Crippen LogP) is 5.74. The zero-order valence-corrected chi connectivity index (χ0v) is 21.0. The smallest absolute Gasteiger partial charge is 0.171 e. The monoisotopic (exact) mass is 482 g/mol. The van der Waals surface area contributed by atoms with Crippen molar-refractivity contribution in [2.24, 2.45) is 0 Å².